The summed E-state index contributed by atoms with van der Waals surface area (Å²) in [5.74, 6) is -0.653. The number of carbonyl (C=O) groups is 1. The van der Waals surface area contributed by atoms with Gasteiger partial charge in [-0.1, -0.05) is 96.8 Å². The Labute approximate surface area is 168 Å². The van der Waals surface area contributed by atoms with Crippen molar-refractivity contribution in [3.8, 4) is 0 Å². The summed E-state index contributed by atoms with van der Waals surface area (Å²) in [5, 5.41) is 27.8. The Bertz CT molecular complexity index is 290. The molecule has 2 atom stereocenters. The summed E-state index contributed by atoms with van der Waals surface area (Å²) in [4.78, 5) is 10.3. The highest BCUT2D eigenvalue weighted by Crippen LogP contribution is 2.13. The van der Waals surface area contributed by atoms with Crippen LogP contribution in [0.2, 0.25) is 0 Å². The fourth-order valence-electron chi connectivity index (χ4n) is 3.00. The highest BCUT2D eigenvalue weighted by Gasteiger charge is 1.97. The standard InChI is InChI=1S/C18H36O2.C4H11NO2/c1-2-3-4-5-6-7-8-9-10-11-12-13-14-15-16-17-18(19)20;1-3(6)5-4(2)7/h2-17H2,1H3,(H,19,20);3-7H,1-2H3. The molecule has 4 N–H and O–H groups in total. The van der Waals surface area contributed by atoms with Crippen LogP contribution in [0.25, 0.3) is 0 Å². The highest BCUT2D eigenvalue weighted by atomic mass is 16.4. The maximum Gasteiger partial charge on any atom is 0.303 e. The fraction of sp³-hybridized carbons (Fsp3) is 0.955. The number of aliphatic hydroxyl groups excluding tert-OH is 2. The van der Waals surface area contributed by atoms with Crippen molar-refractivity contribution in [3.05, 3.63) is 0 Å². The number of unbranched alkanes of at least 4 members (excludes halogenated alkanes) is 14. The lowest BCUT2D eigenvalue weighted by Crippen LogP contribution is -2.33. The van der Waals surface area contributed by atoms with Gasteiger partial charge in [0, 0.05) is 6.42 Å². The molecule has 0 aliphatic heterocycles. The van der Waals surface area contributed by atoms with Crippen molar-refractivity contribution < 1.29 is 20.1 Å². The van der Waals surface area contributed by atoms with Gasteiger partial charge < -0.3 is 15.3 Å². The van der Waals surface area contributed by atoms with E-state index in [2.05, 4.69) is 12.2 Å². The van der Waals surface area contributed by atoms with Gasteiger partial charge in [0.05, 0.1) is 0 Å². The van der Waals surface area contributed by atoms with E-state index in [-0.39, 0.29) is 0 Å². The lowest BCUT2D eigenvalue weighted by molar-refractivity contribution is -0.137. The predicted molar refractivity (Wildman–Crippen MR) is 114 cm³/mol. The molecule has 0 rings (SSSR count). The van der Waals surface area contributed by atoms with Crippen molar-refractivity contribution in [1.82, 2.24) is 5.32 Å². The van der Waals surface area contributed by atoms with E-state index < -0.39 is 18.4 Å². The van der Waals surface area contributed by atoms with Gasteiger partial charge in [-0.25, -0.2) is 0 Å². The first-order chi connectivity index (χ1) is 12.9. The largest absolute Gasteiger partial charge is 0.481 e. The van der Waals surface area contributed by atoms with Crippen molar-refractivity contribution in [2.24, 2.45) is 0 Å². The zero-order valence-electron chi connectivity index (χ0n) is 18.2. The third-order valence-electron chi connectivity index (χ3n) is 4.48. The molecule has 5 nitrogen and oxygen atoms in total. The smallest absolute Gasteiger partial charge is 0.303 e. The number of aliphatic hydroxyl groups is 2. The van der Waals surface area contributed by atoms with Crippen LogP contribution in [-0.4, -0.2) is 33.7 Å². The van der Waals surface area contributed by atoms with Gasteiger partial charge in [0.15, 0.2) is 0 Å². The van der Waals surface area contributed by atoms with Gasteiger partial charge >= 0.3 is 5.97 Å². The van der Waals surface area contributed by atoms with Crippen molar-refractivity contribution in [2.45, 2.75) is 136 Å². The number of carboxylic acid groups (broad SMARTS) is 1. The molecule has 5 heteroatoms. The summed E-state index contributed by atoms with van der Waals surface area (Å²) < 4.78 is 0. The molecule has 164 valence electrons. The number of aliphatic carboxylic acids is 1. The highest BCUT2D eigenvalue weighted by molar-refractivity contribution is 5.66. The first-order valence-electron chi connectivity index (χ1n) is 11.2. The zero-order valence-corrected chi connectivity index (χ0v) is 18.2. The molecule has 0 fully saturated rings. The van der Waals surface area contributed by atoms with Crippen LogP contribution in [0.15, 0.2) is 0 Å². The Morgan fingerprint density at radius 1 is 0.667 bits per heavy atom. The molecule has 0 aliphatic carbocycles. The lowest BCUT2D eigenvalue weighted by Gasteiger charge is -2.08. The van der Waals surface area contributed by atoms with Gasteiger partial charge in [0.1, 0.15) is 12.5 Å². The van der Waals surface area contributed by atoms with Gasteiger partial charge in [-0.15, -0.1) is 0 Å². The van der Waals surface area contributed by atoms with Crippen LogP contribution in [-0.2, 0) is 4.79 Å². The molecule has 2 unspecified atom stereocenters. The van der Waals surface area contributed by atoms with Crippen LogP contribution >= 0.6 is 0 Å². The molecular formula is C22H47NO4. The summed E-state index contributed by atoms with van der Waals surface area (Å²) >= 11 is 0. The van der Waals surface area contributed by atoms with Crippen molar-refractivity contribution in [2.75, 3.05) is 0 Å². The molecule has 0 saturated carbocycles. The average Bonchev–Trinajstić information content (AvgIpc) is 2.57. The molecule has 0 saturated heterocycles. The Hall–Kier alpha value is -0.650. The third kappa shape index (κ3) is 33.4. The minimum absolute atomic E-state index is 0.345. The second-order valence-electron chi connectivity index (χ2n) is 7.61. The molecule has 0 aromatic carbocycles. The Balaban J connectivity index is 0. The first kappa shape index (κ1) is 28.6. The van der Waals surface area contributed by atoms with E-state index in [1.165, 1.54) is 83.5 Å². The molecule has 27 heavy (non-hydrogen) atoms. The van der Waals surface area contributed by atoms with E-state index in [0.29, 0.717) is 6.42 Å². The van der Waals surface area contributed by atoms with Gasteiger partial charge in [-0.05, 0) is 20.3 Å². The monoisotopic (exact) mass is 389 g/mol. The normalized spacial score (nSPS) is 12.9. The molecule has 0 aromatic heterocycles. The van der Waals surface area contributed by atoms with Gasteiger partial charge in [-0.3, -0.25) is 10.1 Å². The first-order valence-corrected chi connectivity index (χ1v) is 11.2. The minimum atomic E-state index is -0.653. The summed E-state index contributed by atoms with van der Waals surface area (Å²) in [6.07, 6.45) is 18.9. The molecular weight excluding hydrogens is 342 g/mol. The molecule has 0 amide bonds. The molecule has 0 aromatic rings. The molecule has 0 radical (unpaired) electrons. The van der Waals surface area contributed by atoms with Crippen molar-refractivity contribution in [3.63, 3.8) is 0 Å². The van der Waals surface area contributed by atoms with Crippen LogP contribution in [0.5, 0.6) is 0 Å². The number of rotatable bonds is 18. The van der Waals surface area contributed by atoms with Crippen LogP contribution in [0.3, 0.4) is 0 Å². The second kappa shape index (κ2) is 23.4. The molecule has 0 bridgehead atoms. The SMILES string of the molecule is CC(O)NC(C)O.CCCCCCCCCCCCCCCCCC(=O)O. The number of nitrogens with one attached hydrogen (secondary N) is 1. The lowest BCUT2D eigenvalue weighted by atomic mass is 10.0. The summed E-state index contributed by atoms with van der Waals surface area (Å²) in [5.41, 5.74) is 0. The zero-order chi connectivity index (χ0) is 20.8. The second-order valence-corrected chi connectivity index (χ2v) is 7.61. The Morgan fingerprint density at radius 3 is 1.19 bits per heavy atom. The van der Waals surface area contributed by atoms with E-state index in [4.69, 9.17) is 15.3 Å². The maximum absolute atomic E-state index is 10.3. The summed E-state index contributed by atoms with van der Waals surface area (Å²) in [6.45, 7) is 5.37. The van der Waals surface area contributed by atoms with Crippen molar-refractivity contribution in [1.29, 1.82) is 0 Å². The molecule has 0 aliphatic rings. The van der Waals surface area contributed by atoms with E-state index in [1.54, 1.807) is 13.8 Å². The maximum atomic E-state index is 10.3. The van der Waals surface area contributed by atoms with Crippen LogP contribution in [0, 0.1) is 0 Å². The summed E-state index contributed by atoms with van der Waals surface area (Å²) in [6, 6.07) is 0. The van der Waals surface area contributed by atoms with Crippen LogP contribution in [0.4, 0.5) is 0 Å². The predicted octanol–water partition coefficient (Wildman–Crippen LogP) is 5.59. The van der Waals surface area contributed by atoms with Crippen molar-refractivity contribution >= 4 is 5.97 Å². The molecule has 0 heterocycles. The van der Waals surface area contributed by atoms with Crippen LogP contribution in [0.1, 0.15) is 124 Å². The Morgan fingerprint density at radius 2 is 0.963 bits per heavy atom. The topological polar surface area (TPSA) is 89.8 Å². The van der Waals surface area contributed by atoms with E-state index in [1.807, 2.05) is 0 Å². The third-order valence-corrected chi connectivity index (χ3v) is 4.48. The quantitative estimate of drug-likeness (QED) is 0.181. The minimum Gasteiger partial charge on any atom is -0.481 e. The number of carboxylic acids is 1. The van der Waals surface area contributed by atoms with Gasteiger partial charge in [-0.2, -0.15) is 0 Å². The van der Waals surface area contributed by atoms with Gasteiger partial charge in [0.25, 0.3) is 0 Å². The number of hydrogen-bond donors (Lipinski definition) is 4. The van der Waals surface area contributed by atoms with Crippen LogP contribution < -0.4 is 5.32 Å². The van der Waals surface area contributed by atoms with Gasteiger partial charge in [0.2, 0.25) is 0 Å². The summed E-state index contributed by atoms with van der Waals surface area (Å²) in [7, 11) is 0. The Kier molecular flexibility index (Phi) is 24.7. The number of hydrogen-bond acceptors (Lipinski definition) is 4. The van der Waals surface area contributed by atoms with E-state index in [0.717, 1.165) is 12.8 Å². The fourth-order valence-corrected chi connectivity index (χ4v) is 3.00. The van der Waals surface area contributed by atoms with E-state index >= 15 is 0 Å². The molecule has 0 spiro atoms. The average molecular weight is 390 g/mol. The van der Waals surface area contributed by atoms with E-state index in [9.17, 15) is 4.79 Å².